The molecule has 6 nitrogen and oxygen atoms in total. The lowest BCUT2D eigenvalue weighted by atomic mass is 10.1. The molecule has 2 aromatic carbocycles. The molecule has 0 bridgehead atoms. The van der Waals surface area contributed by atoms with Crippen LogP contribution in [0.4, 0.5) is 11.4 Å². The summed E-state index contributed by atoms with van der Waals surface area (Å²) in [5.41, 5.74) is 4.10. The van der Waals surface area contributed by atoms with Crippen LogP contribution in [0.5, 0.6) is 5.75 Å². The van der Waals surface area contributed by atoms with Gasteiger partial charge < -0.3 is 10.1 Å². The summed E-state index contributed by atoms with van der Waals surface area (Å²) in [5, 5.41) is 2.85. The van der Waals surface area contributed by atoms with E-state index in [0.717, 1.165) is 22.9 Å². The number of amides is 1. The fraction of sp³-hybridized carbons (Fsp3) is 0.316. The summed E-state index contributed by atoms with van der Waals surface area (Å²) in [7, 11) is -3.54. The van der Waals surface area contributed by atoms with Crippen LogP contribution in [0.25, 0.3) is 0 Å². The maximum atomic E-state index is 12.7. The summed E-state index contributed by atoms with van der Waals surface area (Å²) in [6.07, 6.45) is 0.198. The number of nitrogens with zero attached hydrogens (tertiary/aromatic N) is 1. The Morgan fingerprint density at radius 3 is 2.62 bits per heavy atom. The molecule has 0 unspecified atom stereocenters. The number of hydrogen-bond donors (Lipinski definition) is 1. The van der Waals surface area contributed by atoms with Crippen molar-refractivity contribution in [3.63, 3.8) is 0 Å². The minimum atomic E-state index is -3.54. The molecule has 1 aliphatic rings. The summed E-state index contributed by atoms with van der Waals surface area (Å²) >= 11 is 0. The van der Waals surface area contributed by atoms with E-state index in [1.807, 2.05) is 45.0 Å². The molecular formula is C19H22N2O4S. The van der Waals surface area contributed by atoms with Crippen LogP contribution in [0.1, 0.15) is 16.7 Å². The first-order valence-corrected chi connectivity index (χ1v) is 10.1. The Balaban J connectivity index is 1.91. The molecule has 0 fully saturated rings. The molecule has 0 aromatic heterocycles. The molecule has 1 amide bonds. The molecule has 1 aliphatic heterocycles. The maximum absolute atomic E-state index is 12.7. The van der Waals surface area contributed by atoms with E-state index in [9.17, 15) is 13.2 Å². The first-order chi connectivity index (χ1) is 12.2. The van der Waals surface area contributed by atoms with Gasteiger partial charge >= 0.3 is 0 Å². The highest BCUT2D eigenvalue weighted by Gasteiger charge is 2.35. The number of sulfonamides is 1. The number of carbonyl (C=O) groups excluding carboxylic acids is 1. The summed E-state index contributed by atoms with van der Waals surface area (Å²) < 4.78 is 31.5. The average molecular weight is 374 g/mol. The smallest absolute Gasteiger partial charge is 0.267 e. The Labute approximate surface area is 153 Å². The van der Waals surface area contributed by atoms with Crippen molar-refractivity contribution in [1.29, 1.82) is 0 Å². The monoisotopic (exact) mass is 374 g/mol. The van der Waals surface area contributed by atoms with Gasteiger partial charge in [0.05, 0.1) is 18.5 Å². The zero-order valence-corrected chi connectivity index (χ0v) is 16.1. The van der Waals surface area contributed by atoms with E-state index in [0.29, 0.717) is 17.1 Å². The van der Waals surface area contributed by atoms with Crippen molar-refractivity contribution in [3.05, 3.63) is 53.1 Å². The third-order valence-corrected chi connectivity index (χ3v) is 5.69. The summed E-state index contributed by atoms with van der Waals surface area (Å²) in [5.74, 6) is 0.00645. The van der Waals surface area contributed by atoms with Crippen molar-refractivity contribution in [2.75, 3.05) is 22.4 Å². The van der Waals surface area contributed by atoms with Gasteiger partial charge in [-0.2, -0.15) is 0 Å². The van der Waals surface area contributed by atoms with Crippen LogP contribution < -0.4 is 14.4 Å². The molecule has 1 N–H and O–H groups in total. The first kappa shape index (κ1) is 18.3. The van der Waals surface area contributed by atoms with Gasteiger partial charge in [-0.3, -0.25) is 9.10 Å². The normalized spacial score (nSPS) is 16.6. The fourth-order valence-electron chi connectivity index (χ4n) is 2.91. The highest BCUT2D eigenvalue weighted by molar-refractivity contribution is 7.92. The number of ether oxygens (including phenoxy) is 1. The van der Waals surface area contributed by atoms with Crippen molar-refractivity contribution in [2.24, 2.45) is 0 Å². The molecule has 0 spiro atoms. The van der Waals surface area contributed by atoms with Gasteiger partial charge in [-0.1, -0.05) is 18.2 Å². The van der Waals surface area contributed by atoms with Gasteiger partial charge in [-0.05, 0) is 55.7 Å². The van der Waals surface area contributed by atoms with Crippen molar-refractivity contribution >= 4 is 27.3 Å². The Bertz CT molecular complexity index is 969. The van der Waals surface area contributed by atoms with Crippen LogP contribution in [0.15, 0.2) is 36.4 Å². The Hall–Kier alpha value is -2.54. The summed E-state index contributed by atoms with van der Waals surface area (Å²) in [4.78, 5) is 12.7. The topological polar surface area (TPSA) is 75.7 Å². The largest absolute Gasteiger partial charge is 0.476 e. The number of carbonyl (C=O) groups is 1. The number of aryl methyl sites for hydroxylation is 2. The van der Waals surface area contributed by atoms with Crippen molar-refractivity contribution in [3.8, 4) is 5.75 Å². The highest BCUT2D eigenvalue weighted by Crippen LogP contribution is 2.36. The molecule has 0 saturated heterocycles. The van der Waals surface area contributed by atoms with E-state index in [-0.39, 0.29) is 12.5 Å². The number of fused-ring (bicyclic) bond motifs is 1. The number of anilines is 2. The Morgan fingerprint density at radius 1 is 1.19 bits per heavy atom. The van der Waals surface area contributed by atoms with E-state index >= 15 is 0 Å². The van der Waals surface area contributed by atoms with E-state index in [1.54, 1.807) is 12.1 Å². The molecule has 7 heteroatoms. The molecule has 0 aliphatic carbocycles. The lowest BCUT2D eigenvalue weighted by Gasteiger charge is -2.34. The fourth-order valence-corrected chi connectivity index (χ4v) is 3.82. The number of benzene rings is 2. The van der Waals surface area contributed by atoms with Crippen LogP contribution in [-0.4, -0.2) is 33.2 Å². The van der Waals surface area contributed by atoms with Gasteiger partial charge in [0, 0.05) is 5.69 Å². The van der Waals surface area contributed by atoms with Crippen molar-refractivity contribution in [2.45, 2.75) is 26.9 Å². The van der Waals surface area contributed by atoms with Crippen LogP contribution in [0.2, 0.25) is 0 Å². The summed E-state index contributed by atoms with van der Waals surface area (Å²) in [6, 6.07) is 10.9. The first-order valence-electron chi connectivity index (χ1n) is 8.29. The lowest BCUT2D eigenvalue weighted by Crippen LogP contribution is -2.48. The second-order valence-electron chi connectivity index (χ2n) is 6.61. The Morgan fingerprint density at radius 2 is 1.92 bits per heavy atom. The van der Waals surface area contributed by atoms with E-state index in [4.69, 9.17) is 4.74 Å². The third kappa shape index (κ3) is 3.53. The molecule has 0 radical (unpaired) electrons. The average Bonchev–Trinajstić information content (AvgIpc) is 2.57. The third-order valence-electron chi connectivity index (χ3n) is 4.54. The second kappa shape index (κ2) is 6.64. The molecule has 26 heavy (non-hydrogen) atoms. The van der Waals surface area contributed by atoms with Gasteiger partial charge in [0.25, 0.3) is 5.91 Å². The predicted octanol–water partition coefficient (Wildman–Crippen LogP) is 2.78. The van der Waals surface area contributed by atoms with Gasteiger partial charge in [0.2, 0.25) is 10.0 Å². The van der Waals surface area contributed by atoms with Crippen LogP contribution in [0, 0.1) is 20.8 Å². The lowest BCUT2D eigenvalue weighted by molar-refractivity contribution is -0.122. The molecule has 3 rings (SSSR count). The molecule has 2 aromatic rings. The van der Waals surface area contributed by atoms with Gasteiger partial charge in [0.15, 0.2) is 6.10 Å². The zero-order chi connectivity index (χ0) is 19.1. The van der Waals surface area contributed by atoms with E-state index in [1.165, 1.54) is 4.31 Å². The van der Waals surface area contributed by atoms with Crippen LogP contribution in [0.3, 0.4) is 0 Å². The van der Waals surface area contributed by atoms with Gasteiger partial charge in [-0.25, -0.2) is 8.42 Å². The number of rotatable bonds is 3. The Kier molecular flexibility index (Phi) is 4.66. The van der Waals surface area contributed by atoms with Crippen LogP contribution >= 0.6 is 0 Å². The second-order valence-corrected chi connectivity index (χ2v) is 8.52. The van der Waals surface area contributed by atoms with E-state index in [2.05, 4.69) is 5.32 Å². The molecule has 138 valence electrons. The SMILES string of the molecule is Cc1ccc2c(c1)N(S(C)(=O)=O)C[C@H](C(=O)Nc1cccc(C)c1C)O2. The van der Waals surface area contributed by atoms with Gasteiger partial charge in [-0.15, -0.1) is 0 Å². The summed E-state index contributed by atoms with van der Waals surface area (Å²) in [6.45, 7) is 5.70. The molecule has 1 atom stereocenters. The number of hydrogen-bond acceptors (Lipinski definition) is 4. The molecule has 1 heterocycles. The minimum Gasteiger partial charge on any atom is -0.476 e. The predicted molar refractivity (Wildman–Crippen MR) is 102 cm³/mol. The molecular weight excluding hydrogens is 352 g/mol. The number of nitrogens with one attached hydrogen (secondary N) is 1. The van der Waals surface area contributed by atoms with Crippen molar-refractivity contribution in [1.82, 2.24) is 0 Å². The zero-order valence-electron chi connectivity index (χ0n) is 15.2. The standard InChI is InChI=1S/C19H22N2O4S/c1-12-8-9-17-16(10-12)21(26(4,23)24)11-18(25-17)19(22)20-15-7-5-6-13(2)14(15)3/h5-10,18H,11H2,1-4H3,(H,20,22)/t18-/m1/s1. The van der Waals surface area contributed by atoms with Gasteiger partial charge in [0.1, 0.15) is 5.75 Å². The van der Waals surface area contributed by atoms with Crippen LogP contribution in [-0.2, 0) is 14.8 Å². The highest BCUT2D eigenvalue weighted by atomic mass is 32.2. The van der Waals surface area contributed by atoms with E-state index < -0.39 is 16.1 Å². The minimum absolute atomic E-state index is 0.0635. The molecule has 0 saturated carbocycles. The quantitative estimate of drug-likeness (QED) is 0.896. The maximum Gasteiger partial charge on any atom is 0.267 e. The van der Waals surface area contributed by atoms with Crippen molar-refractivity contribution < 1.29 is 17.9 Å².